The molecule has 2 heterocycles. The molecule has 0 bridgehead atoms. The van der Waals surface area contributed by atoms with Crippen LogP contribution in [0.2, 0.25) is 0 Å². The molecule has 9 N–H and O–H groups in total. The highest BCUT2D eigenvalue weighted by atomic mass is 16.7. The van der Waals surface area contributed by atoms with Gasteiger partial charge in [-0.3, -0.25) is 14.9 Å². The molecule has 0 aliphatic carbocycles. The zero-order valence-corrected chi connectivity index (χ0v) is 30.6. The van der Waals surface area contributed by atoms with Crippen molar-refractivity contribution in [1.29, 1.82) is 0 Å². The Hall–Kier alpha value is -1.46. The van der Waals surface area contributed by atoms with Crippen LogP contribution in [0.3, 0.4) is 0 Å². The monoisotopic (exact) mass is 719 g/mol. The minimum absolute atomic E-state index is 0.131. The van der Waals surface area contributed by atoms with Gasteiger partial charge in [0.2, 0.25) is 11.8 Å². The van der Waals surface area contributed by atoms with Crippen LogP contribution in [0.5, 0.6) is 0 Å². The third kappa shape index (κ3) is 17.8. The Kier molecular flexibility index (Phi) is 23.5. The van der Waals surface area contributed by atoms with E-state index in [1.54, 1.807) is 6.92 Å². The molecule has 0 aromatic carbocycles. The molecule has 2 saturated heterocycles. The number of carbonyl (C=O) groups is 2. The average molecular weight is 720 g/mol. The van der Waals surface area contributed by atoms with E-state index in [-0.39, 0.29) is 37.5 Å². The summed E-state index contributed by atoms with van der Waals surface area (Å²) >= 11 is 0. The van der Waals surface area contributed by atoms with Crippen LogP contribution in [-0.2, 0) is 23.8 Å². The lowest BCUT2D eigenvalue weighted by Gasteiger charge is -2.40. The molecule has 0 aromatic heterocycles. The van der Waals surface area contributed by atoms with Crippen LogP contribution in [0.1, 0.15) is 129 Å². The molecule has 2 fully saturated rings. The molecular formula is C36H69N3O11. The van der Waals surface area contributed by atoms with Crippen LogP contribution in [0.15, 0.2) is 0 Å². The predicted molar refractivity (Wildman–Crippen MR) is 188 cm³/mol. The second-order valence-electron chi connectivity index (χ2n) is 13.9. The van der Waals surface area contributed by atoms with Gasteiger partial charge in [-0.05, 0) is 38.6 Å². The van der Waals surface area contributed by atoms with Gasteiger partial charge in [0, 0.05) is 19.4 Å². The van der Waals surface area contributed by atoms with Gasteiger partial charge in [-0.15, -0.1) is 0 Å². The number of unbranched alkanes of at least 4 members (excludes halogenated alkanes) is 12. The second-order valence-corrected chi connectivity index (χ2v) is 13.9. The van der Waals surface area contributed by atoms with Crippen molar-refractivity contribution >= 4 is 11.8 Å². The van der Waals surface area contributed by atoms with Crippen LogP contribution in [-0.4, -0.2) is 130 Å². The van der Waals surface area contributed by atoms with Crippen molar-refractivity contribution in [3.63, 3.8) is 0 Å². The van der Waals surface area contributed by atoms with Crippen LogP contribution in [0.4, 0.5) is 0 Å². The first-order valence-corrected chi connectivity index (χ1v) is 19.4. The number of ether oxygens (including phenoxy) is 3. The first-order valence-electron chi connectivity index (χ1n) is 19.4. The molecule has 0 aromatic rings. The van der Waals surface area contributed by atoms with E-state index in [4.69, 9.17) is 14.2 Å². The summed E-state index contributed by atoms with van der Waals surface area (Å²) in [7, 11) is 0. The molecule has 14 heteroatoms. The maximum Gasteiger partial charge on any atom is 0.220 e. The summed E-state index contributed by atoms with van der Waals surface area (Å²) in [6, 6.07) is -1.00. The standard InChI is InChI=1S/C36H69N3O11/c1-3-26(41)31(44)25(24-48-36-34(47)33(46)32(45)28(23-40)50-36)39-30(43)20-16-12-8-6-5-7-9-13-18-22-38-35-27(49-35)19-15-11-10-14-17-21-37-29(42)4-2/h25-28,31-36,38,40-41,44-47H,3-24H2,1-2H3,(H,37,42)(H,39,43)/t25-,26+,27?,28?,31-,32-,33-,34?,35?,36-/m0/s1. The minimum Gasteiger partial charge on any atom is -0.394 e. The van der Waals surface area contributed by atoms with E-state index in [0.717, 1.165) is 58.0 Å². The molecule has 4 unspecified atom stereocenters. The van der Waals surface area contributed by atoms with E-state index in [1.165, 1.54) is 44.9 Å². The summed E-state index contributed by atoms with van der Waals surface area (Å²) in [5.74, 6) is -0.167. The molecule has 294 valence electrons. The first-order chi connectivity index (χ1) is 24.1. The molecule has 14 nitrogen and oxygen atoms in total. The zero-order valence-electron chi connectivity index (χ0n) is 30.6. The number of aliphatic hydroxyl groups excluding tert-OH is 6. The van der Waals surface area contributed by atoms with E-state index in [9.17, 15) is 40.2 Å². The summed E-state index contributed by atoms with van der Waals surface area (Å²) < 4.78 is 16.6. The molecule has 0 radical (unpaired) electrons. The van der Waals surface area contributed by atoms with Gasteiger partial charge < -0.3 is 55.5 Å². The van der Waals surface area contributed by atoms with Crippen LogP contribution >= 0.6 is 0 Å². The van der Waals surface area contributed by atoms with Crippen LogP contribution in [0.25, 0.3) is 0 Å². The molecule has 0 saturated carbocycles. The Bertz CT molecular complexity index is 901. The van der Waals surface area contributed by atoms with Crippen molar-refractivity contribution in [1.82, 2.24) is 16.0 Å². The summed E-state index contributed by atoms with van der Waals surface area (Å²) in [5, 5.41) is 69.4. The van der Waals surface area contributed by atoms with E-state index in [1.807, 2.05) is 6.92 Å². The third-order valence-electron chi connectivity index (χ3n) is 9.68. The highest BCUT2D eigenvalue weighted by molar-refractivity contribution is 5.76. The summed E-state index contributed by atoms with van der Waals surface area (Å²) in [4.78, 5) is 23.9. The van der Waals surface area contributed by atoms with Gasteiger partial charge in [0.25, 0.3) is 0 Å². The molecular weight excluding hydrogens is 650 g/mol. The maximum atomic E-state index is 12.7. The van der Waals surface area contributed by atoms with Gasteiger partial charge >= 0.3 is 0 Å². The van der Waals surface area contributed by atoms with Gasteiger partial charge in [-0.2, -0.15) is 0 Å². The number of amides is 2. The normalized spacial score (nSPS) is 26.7. The number of carbonyl (C=O) groups excluding carboxylic acids is 2. The summed E-state index contributed by atoms with van der Waals surface area (Å²) in [6.07, 6.45) is 8.49. The van der Waals surface area contributed by atoms with Crippen LogP contribution in [0, 0.1) is 0 Å². The highest BCUT2D eigenvalue weighted by Gasteiger charge is 2.44. The Morgan fingerprint density at radius 1 is 0.720 bits per heavy atom. The van der Waals surface area contributed by atoms with Crippen molar-refractivity contribution in [2.24, 2.45) is 0 Å². The van der Waals surface area contributed by atoms with Crippen LogP contribution < -0.4 is 16.0 Å². The number of nitrogens with one attached hydrogen (secondary N) is 3. The van der Waals surface area contributed by atoms with E-state index >= 15 is 0 Å². The number of hydrogen-bond acceptors (Lipinski definition) is 12. The van der Waals surface area contributed by atoms with Gasteiger partial charge in [0.1, 0.15) is 36.7 Å². The number of aliphatic hydroxyl groups is 6. The van der Waals surface area contributed by atoms with Crippen molar-refractivity contribution in [3.8, 4) is 0 Å². The van der Waals surface area contributed by atoms with Crippen molar-refractivity contribution in [2.45, 2.75) is 191 Å². The lowest BCUT2D eigenvalue weighted by molar-refractivity contribution is -0.303. The predicted octanol–water partition coefficient (Wildman–Crippen LogP) is 1.50. The maximum absolute atomic E-state index is 12.7. The fraction of sp³-hybridized carbons (Fsp3) is 0.944. The van der Waals surface area contributed by atoms with E-state index < -0.39 is 55.6 Å². The van der Waals surface area contributed by atoms with Crippen molar-refractivity contribution in [2.75, 3.05) is 26.3 Å². The quantitative estimate of drug-likeness (QED) is 0.0381. The molecule has 2 aliphatic rings. The summed E-state index contributed by atoms with van der Waals surface area (Å²) in [6.45, 7) is 4.40. The molecule has 2 rings (SSSR count). The van der Waals surface area contributed by atoms with Crippen molar-refractivity contribution in [3.05, 3.63) is 0 Å². The molecule has 10 atom stereocenters. The third-order valence-corrected chi connectivity index (χ3v) is 9.68. The van der Waals surface area contributed by atoms with Gasteiger partial charge in [-0.25, -0.2) is 0 Å². The van der Waals surface area contributed by atoms with E-state index in [2.05, 4.69) is 16.0 Å². The molecule has 2 amide bonds. The SMILES string of the molecule is CCC(=O)NCCCCCCCC1OC1NCCCCCCCCCCCC(=O)N[C@@H](CO[C@H]1OC(CO)[C@H](O)[C@H](O)C1O)[C@H](O)[C@H](O)CC. The Balaban J connectivity index is 1.45. The molecule has 50 heavy (non-hydrogen) atoms. The molecule has 0 spiro atoms. The second kappa shape index (κ2) is 26.3. The molecule has 2 aliphatic heterocycles. The Labute approximate surface area is 299 Å². The number of epoxide rings is 1. The van der Waals surface area contributed by atoms with Gasteiger partial charge in [-0.1, -0.05) is 84.5 Å². The van der Waals surface area contributed by atoms with Gasteiger partial charge in [0.05, 0.1) is 31.5 Å². The van der Waals surface area contributed by atoms with Crippen molar-refractivity contribution < 1.29 is 54.4 Å². The lowest BCUT2D eigenvalue weighted by atomic mass is 9.99. The average Bonchev–Trinajstić information content (AvgIpc) is 3.88. The lowest BCUT2D eigenvalue weighted by Crippen LogP contribution is -2.60. The minimum atomic E-state index is -1.61. The largest absolute Gasteiger partial charge is 0.394 e. The Morgan fingerprint density at radius 2 is 1.32 bits per heavy atom. The fourth-order valence-corrected chi connectivity index (χ4v) is 6.21. The Morgan fingerprint density at radius 3 is 1.94 bits per heavy atom. The first kappa shape index (κ1) is 44.7. The topological polar surface area (TPSA) is 223 Å². The van der Waals surface area contributed by atoms with E-state index in [0.29, 0.717) is 18.9 Å². The van der Waals surface area contributed by atoms with Gasteiger partial charge in [0.15, 0.2) is 6.29 Å². The number of hydrogen-bond donors (Lipinski definition) is 9. The zero-order chi connectivity index (χ0) is 36.7. The highest BCUT2D eigenvalue weighted by Crippen LogP contribution is 2.26. The number of rotatable bonds is 30. The summed E-state index contributed by atoms with van der Waals surface area (Å²) in [5.41, 5.74) is 0. The fourth-order valence-electron chi connectivity index (χ4n) is 6.21. The smallest absolute Gasteiger partial charge is 0.220 e.